The van der Waals surface area contributed by atoms with E-state index in [-0.39, 0.29) is 26.5 Å². The SMILES string of the molecule is CC(Oc1ccc(Cl)c(-n2c(=O)[nH]c3csc(C(=O)O)c3c2=O)c1)c1ccccc1Cl. The smallest absolute Gasteiger partial charge is 0.346 e. The van der Waals surface area contributed by atoms with Crippen LogP contribution in [0.3, 0.4) is 0 Å². The summed E-state index contributed by atoms with van der Waals surface area (Å²) in [5.41, 5.74) is -0.534. The number of aromatic nitrogens is 2. The largest absolute Gasteiger partial charge is 0.486 e. The van der Waals surface area contributed by atoms with Gasteiger partial charge in [-0.15, -0.1) is 11.3 Å². The number of benzene rings is 2. The van der Waals surface area contributed by atoms with E-state index >= 15 is 0 Å². The van der Waals surface area contributed by atoms with Crippen molar-refractivity contribution in [2.45, 2.75) is 13.0 Å². The van der Waals surface area contributed by atoms with E-state index in [9.17, 15) is 19.5 Å². The molecule has 0 aliphatic heterocycles. The van der Waals surface area contributed by atoms with Crippen LogP contribution in [-0.2, 0) is 0 Å². The number of ether oxygens (including phenoxy) is 1. The molecule has 0 aliphatic rings. The van der Waals surface area contributed by atoms with Crippen LogP contribution < -0.4 is 16.0 Å². The van der Waals surface area contributed by atoms with E-state index in [2.05, 4.69) is 4.98 Å². The molecule has 7 nitrogen and oxygen atoms in total. The van der Waals surface area contributed by atoms with E-state index in [1.165, 1.54) is 17.5 Å². The zero-order valence-corrected chi connectivity index (χ0v) is 18.2. The lowest BCUT2D eigenvalue weighted by Crippen LogP contribution is -2.34. The third kappa shape index (κ3) is 3.85. The maximum atomic E-state index is 13.1. The monoisotopic (exact) mass is 476 g/mol. The van der Waals surface area contributed by atoms with Crippen molar-refractivity contribution in [2.24, 2.45) is 0 Å². The minimum absolute atomic E-state index is 0.0706. The van der Waals surface area contributed by atoms with Crippen molar-refractivity contribution in [1.82, 2.24) is 9.55 Å². The Bertz CT molecular complexity index is 1440. The molecular formula is C21H14Cl2N2O5S. The van der Waals surface area contributed by atoms with E-state index in [0.717, 1.165) is 21.5 Å². The Kier molecular flexibility index (Phi) is 5.62. The summed E-state index contributed by atoms with van der Waals surface area (Å²) >= 11 is 13.4. The predicted octanol–water partition coefficient (Wildman–Crippen LogP) is 4.89. The highest BCUT2D eigenvalue weighted by Crippen LogP contribution is 2.30. The van der Waals surface area contributed by atoms with Crippen molar-refractivity contribution in [3.8, 4) is 11.4 Å². The number of carboxylic acid groups (broad SMARTS) is 1. The van der Waals surface area contributed by atoms with E-state index in [4.69, 9.17) is 27.9 Å². The summed E-state index contributed by atoms with van der Waals surface area (Å²) in [6.45, 7) is 1.81. The number of thiophene rings is 1. The van der Waals surface area contributed by atoms with Crippen LogP contribution in [0, 0.1) is 0 Å². The van der Waals surface area contributed by atoms with Crippen molar-refractivity contribution in [2.75, 3.05) is 0 Å². The minimum Gasteiger partial charge on any atom is -0.486 e. The second-order valence-electron chi connectivity index (χ2n) is 6.62. The van der Waals surface area contributed by atoms with E-state index in [0.29, 0.717) is 10.8 Å². The van der Waals surface area contributed by atoms with Crippen molar-refractivity contribution >= 4 is 51.4 Å². The van der Waals surface area contributed by atoms with Gasteiger partial charge in [-0.1, -0.05) is 41.4 Å². The fourth-order valence-electron chi connectivity index (χ4n) is 3.22. The molecular weight excluding hydrogens is 463 g/mol. The Morgan fingerprint density at radius 3 is 2.61 bits per heavy atom. The number of hydrogen-bond acceptors (Lipinski definition) is 5. The van der Waals surface area contributed by atoms with Gasteiger partial charge in [0.1, 0.15) is 16.7 Å². The molecule has 1 unspecified atom stereocenters. The van der Waals surface area contributed by atoms with Crippen LogP contribution in [0.4, 0.5) is 0 Å². The maximum Gasteiger partial charge on any atom is 0.346 e. The van der Waals surface area contributed by atoms with Crippen LogP contribution in [0.15, 0.2) is 57.4 Å². The topological polar surface area (TPSA) is 101 Å². The molecule has 0 saturated heterocycles. The summed E-state index contributed by atoms with van der Waals surface area (Å²) in [5, 5.41) is 11.4. The lowest BCUT2D eigenvalue weighted by molar-refractivity contribution is 0.0704. The molecule has 4 rings (SSSR count). The molecule has 4 aromatic rings. The van der Waals surface area contributed by atoms with Gasteiger partial charge in [0.25, 0.3) is 5.56 Å². The van der Waals surface area contributed by atoms with Gasteiger partial charge in [0, 0.05) is 22.0 Å². The number of nitrogens with one attached hydrogen (secondary N) is 1. The van der Waals surface area contributed by atoms with Gasteiger partial charge in [-0.05, 0) is 25.1 Å². The Morgan fingerprint density at radius 2 is 1.90 bits per heavy atom. The average Bonchev–Trinajstić information content (AvgIpc) is 3.15. The number of halogens is 2. The second kappa shape index (κ2) is 8.22. The number of nitrogens with zero attached hydrogens (tertiary/aromatic N) is 1. The maximum absolute atomic E-state index is 13.1. The Labute approximate surface area is 189 Å². The fourth-order valence-corrected chi connectivity index (χ4v) is 4.54. The van der Waals surface area contributed by atoms with Gasteiger partial charge in [-0.25, -0.2) is 14.2 Å². The number of hydrogen-bond donors (Lipinski definition) is 2. The van der Waals surface area contributed by atoms with Crippen LogP contribution >= 0.6 is 34.5 Å². The zero-order valence-electron chi connectivity index (χ0n) is 15.9. The van der Waals surface area contributed by atoms with Crippen LogP contribution in [0.25, 0.3) is 16.6 Å². The molecule has 158 valence electrons. The lowest BCUT2D eigenvalue weighted by Gasteiger charge is -2.17. The molecule has 10 heteroatoms. The highest BCUT2D eigenvalue weighted by atomic mass is 35.5. The number of aromatic amines is 1. The highest BCUT2D eigenvalue weighted by molar-refractivity contribution is 7.13. The van der Waals surface area contributed by atoms with Gasteiger partial charge < -0.3 is 14.8 Å². The third-order valence-electron chi connectivity index (χ3n) is 4.66. The zero-order chi connectivity index (χ0) is 22.3. The molecule has 0 bridgehead atoms. The molecule has 0 spiro atoms. The highest BCUT2D eigenvalue weighted by Gasteiger charge is 2.20. The van der Waals surface area contributed by atoms with Crippen LogP contribution in [0.5, 0.6) is 5.75 Å². The number of carboxylic acids is 1. The molecule has 0 saturated carbocycles. The molecule has 2 aromatic carbocycles. The first-order chi connectivity index (χ1) is 14.8. The summed E-state index contributed by atoms with van der Waals surface area (Å²) in [6, 6.07) is 11.8. The van der Waals surface area contributed by atoms with Gasteiger partial charge in [0.2, 0.25) is 0 Å². The summed E-state index contributed by atoms with van der Waals surface area (Å²) in [6.07, 6.45) is -0.421. The molecule has 2 N–H and O–H groups in total. The quantitative estimate of drug-likeness (QED) is 0.427. The molecule has 0 aliphatic carbocycles. The first kappa shape index (κ1) is 21.2. The Balaban J connectivity index is 1.83. The molecule has 0 fully saturated rings. The summed E-state index contributed by atoms with van der Waals surface area (Å²) < 4.78 is 6.75. The summed E-state index contributed by atoms with van der Waals surface area (Å²) in [4.78, 5) is 39.5. The normalized spacial score (nSPS) is 12.1. The second-order valence-corrected chi connectivity index (χ2v) is 8.32. The standard InChI is InChI=1S/C21H14Cl2N2O5S/c1-10(12-4-2-3-5-13(12)22)30-11-6-7-14(23)16(8-11)25-19(26)17-15(24-21(25)29)9-31-18(17)20(27)28/h2-10H,1H3,(H,24,29)(H,27,28). The van der Waals surface area contributed by atoms with Crippen LogP contribution in [0.1, 0.15) is 28.3 Å². The summed E-state index contributed by atoms with van der Waals surface area (Å²) in [7, 11) is 0. The molecule has 0 radical (unpaired) electrons. The first-order valence-corrected chi connectivity index (χ1v) is 10.6. The van der Waals surface area contributed by atoms with Gasteiger partial charge >= 0.3 is 11.7 Å². The average molecular weight is 477 g/mol. The van der Waals surface area contributed by atoms with Crippen LogP contribution in [0.2, 0.25) is 10.0 Å². The number of H-pyrrole nitrogens is 1. The first-order valence-electron chi connectivity index (χ1n) is 8.98. The van der Waals surface area contributed by atoms with E-state index in [1.54, 1.807) is 12.1 Å². The van der Waals surface area contributed by atoms with Crippen molar-refractivity contribution in [1.29, 1.82) is 0 Å². The van der Waals surface area contributed by atoms with Crippen molar-refractivity contribution < 1.29 is 14.6 Å². The molecule has 31 heavy (non-hydrogen) atoms. The number of aromatic carboxylic acids is 1. The molecule has 2 aromatic heterocycles. The number of carbonyl (C=O) groups is 1. The van der Waals surface area contributed by atoms with Gasteiger partial charge in [-0.3, -0.25) is 4.79 Å². The Morgan fingerprint density at radius 1 is 1.16 bits per heavy atom. The van der Waals surface area contributed by atoms with Gasteiger partial charge in [-0.2, -0.15) is 0 Å². The van der Waals surface area contributed by atoms with Crippen molar-refractivity contribution in [3.05, 3.63) is 89.2 Å². The predicted molar refractivity (Wildman–Crippen MR) is 121 cm³/mol. The van der Waals surface area contributed by atoms with Gasteiger partial charge in [0.15, 0.2) is 0 Å². The van der Waals surface area contributed by atoms with E-state index in [1.807, 2.05) is 25.1 Å². The fraction of sp³-hybridized carbons (Fsp3) is 0.0952. The molecule has 2 heterocycles. The van der Waals surface area contributed by atoms with Crippen molar-refractivity contribution in [3.63, 3.8) is 0 Å². The number of rotatable bonds is 5. The van der Waals surface area contributed by atoms with E-state index < -0.39 is 23.3 Å². The third-order valence-corrected chi connectivity index (χ3v) is 6.29. The lowest BCUT2D eigenvalue weighted by atomic mass is 10.1. The minimum atomic E-state index is -1.26. The summed E-state index contributed by atoms with van der Waals surface area (Å²) in [5.74, 6) is -0.908. The Hall–Kier alpha value is -3.07. The molecule has 0 amide bonds. The molecule has 1 atom stereocenters. The van der Waals surface area contributed by atoms with Gasteiger partial charge in [0.05, 0.1) is 21.6 Å². The van der Waals surface area contributed by atoms with Crippen LogP contribution in [-0.4, -0.2) is 20.6 Å². The number of fused-ring (bicyclic) bond motifs is 1.